The standard InChI is InChI=1S/C18H21NOS/c1-2-17(19)13-7-9-15(10-8-13)20-11-14-12-21-18-6-4-3-5-16(14)18/h3-10,14,17H,2,11-12,19H2,1H3/t14?,17-/m0/s1. The molecule has 0 saturated carbocycles. The first-order chi connectivity index (χ1) is 10.3. The van der Waals surface area contributed by atoms with Crippen LogP contribution in [0.2, 0.25) is 0 Å². The molecule has 2 aromatic carbocycles. The maximum Gasteiger partial charge on any atom is 0.119 e. The van der Waals surface area contributed by atoms with Gasteiger partial charge in [-0.05, 0) is 35.7 Å². The number of hydrogen-bond acceptors (Lipinski definition) is 3. The van der Waals surface area contributed by atoms with Gasteiger partial charge in [-0.2, -0.15) is 0 Å². The van der Waals surface area contributed by atoms with Gasteiger partial charge < -0.3 is 10.5 Å². The summed E-state index contributed by atoms with van der Waals surface area (Å²) in [6.45, 7) is 2.84. The van der Waals surface area contributed by atoms with Gasteiger partial charge in [-0.25, -0.2) is 0 Å². The summed E-state index contributed by atoms with van der Waals surface area (Å²) in [5.41, 5.74) is 8.62. The van der Waals surface area contributed by atoms with Crippen molar-refractivity contribution < 1.29 is 4.74 Å². The minimum atomic E-state index is 0.122. The van der Waals surface area contributed by atoms with Crippen LogP contribution in [0.5, 0.6) is 5.75 Å². The molecule has 3 rings (SSSR count). The Hall–Kier alpha value is -1.45. The highest BCUT2D eigenvalue weighted by molar-refractivity contribution is 7.99. The number of fused-ring (bicyclic) bond motifs is 1. The van der Waals surface area contributed by atoms with Crippen molar-refractivity contribution in [2.24, 2.45) is 5.73 Å². The van der Waals surface area contributed by atoms with Gasteiger partial charge in [-0.15, -0.1) is 11.8 Å². The van der Waals surface area contributed by atoms with E-state index in [0.29, 0.717) is 5.92 Å². The third kappa shape index (κ3) is 3.25. The van der Waals surface area contributed by atoms with E-state index in [2.05, 4.69) is 43.3 Å². The van der Waals surface area contributed by atoms with Crippen LogP contribution in [0.1, 0.15) is 36.4 Å². The Morgan fingerprint density at radius 2 is 1.95 bits per heavy atom. The SMILES string of the molecule is CC[C@H](N)c1ccc(OCC2CSc3ccccc32)cc1. The lowest BCUT2D eigenvalue weighted by Crippen LogP contribution is -2.10. The quantitative estimate of drug-likeness (QED) is 0.890. The molecule has 3 heteroatoms. The summed E-state index contributed by atoms with van der Waals surface area (Å²) < 4.78 is 5.96. The highest BCUT2D eigenvalue weighted by atomic mass is 32.2. The first kappa shape index (κ1) is 14.5. The lowest BCUT2D eigenvalue weighted by Gasteiger charge is -2.14. The predicted molar refractivity (Wildman–Crippen MR) is 89.1 cm³/mol. The highest BCUT2D eigenvalue weighted by Gasteiger charge is 2.23. The molecule has 0 aromatic heterocycles. The number of benzene rings is 2. The van der Waals surface area contributed by atoms with Crippen molar-refractivity contribution in [1.82, 2.24) is 0 Å². The van der Waals surface area contributed by atoms with E-state index in [4.69, 9.17) is 10.5 Å². The van der Waals surface area contributed by atoms with Gasteiger partial charge in [0.2, 0.25) is 0 Å². The fraction of sp³-hybridized carbons (Fsp3) is 0.333. The summed E-state index contributed by atoms with van der Waals surface area (Å²) in [6.07, 6.45) is 0.955. The number of hydrogen-bond donors (Lipinski definition) is 1. The number of ether oxygens (including phenoxy) is 1. The Bertz CT molecular complexity index is 596. The van der Waals surface area contributed by atoms with Gasteiger partial charge in [0.25, 0.3) is 0 Å². The largest absolute Gasteiger partial charge is 0.493 e. The van der Waals surface area contributed by atoms with Crippen molar-refractivity contribution in [2.45, 2.75) is 30.2 Å². The summed E-state index contributed by atoms with van der Waals surface area (Å²) in [4.78, 5) is 1.40. The molecule has 2 nitrogen and oxygen atoms in total. The Labute approximate surface area is 130 Å². The molecular formula is C18H21NOS. The second kappa shape index (κ2) is 6.54. The van der Waals surface area contributed by atoms with Crippen molar-refractivity contribution in [1.29, 1.82) is 0 Å². The molecule has 1 aliphatic rings. The molecule has 110 valence electrons. The Morgan fingerprint density at radius 3 is 2.71 bits per heavy atom. The van der Waals surface area contributed by atoms with Crippen molar-refractivity contribution in [2.75, 3.05) is 12.4 Å². The van der Waals surface area contributed by atoms with Gasteiger partial charge in [0.1, 0.15) is 5.75 Å². The predicted octanol–water partition coefficient (Wildman–Crippen LogP) is 4.36. The molecule has 1 aliphatic heterocycles. The van der Waals surface area contributed by atoms with Gasteiger partial charge >= 0.3 is 0 Å². The van der Waals surface area contributed by atoms with Crippen molar-refractivity contribution in [3.8, 4) is 5.75 Å². The number of thioether (sulfide) groups is 1. The molecule has 2 atom stereocenters. The fourth-order valence-corrected chi connectivity index (χ4v) is 3.84. The molecule has 2 N–H and O–H groups in total. The van der Waals surface area contributed by atoms with Crippen molar-refractivity contribution in [3.63, 3.8) is 0 Å². The molecular weight excluding hydrogens is 278 g/mol. The average molecular weight is 299 g/mol. The van der Waals surface area contributed by atoms with E-state index >= 15 is 0 Å². The normalized spacial score (nSPS) is 18.3. The second-order valence-electron chi connectivity index (χ2n) is 5.44. The third-order valence-electron chi connectivity index (χ3n) is 4.00. The molecule has 0 saturated heterocycles. The highest BCUT2D eigenvalue weighted by Crippen LogP contribution is 2.39. The molecule has 0 spiro atoms. The molecule has 2 aromatic rings. The van der Waals surface area contributed by atoms with Crippen LogP contribution in [0.3, 0.4) is 0 Å². The summed E-state index contributed by atoms with van der Waals surface area (Å²) in [5.74, 6) is 2.53. The molecule has 1 heterocycles. The monoisotopic (exact) mass is 299 g/mol. The molecule has 0 radical (unpaired) electrons. The van der Waals surface area contributed by atoms with Crippen LogP contribution in [0.25, 0.3) is 0 Å². The fourth-order valence-electron chi connectivity index (χ4n) is 2.61. The number of rotatable bonds is 5. The second-order valence-corrected chi connectivity index (χ2v) is 6.50. The zero-order chi connectivity index (χ0) is 14.7. The molecule has 0 amide bonds. The van der Waals surface area contributed by atoms with Crippen LogP contribution in [0, 0.1) is 0 Å². The van der Waals surface area contributed by atoms with E-state index in [1.165, 1.54) is 16.0 Å². The third-order valence-corrected chi connectivity index (χ3v) is 5.25. The lowest BCUT2D eigenvalue weighted by molar-refractivity contribution is 0.298. The summed E-state index contributed by atoms with van der Waals surface area (Å²) in [5, 5.41) is 0. The topological polar surface area (TPSA) is 35.2 Å². The van der Waals surface area contributed by atoms with Gasteiger partial charge in [0, 0.05) is 22.6 Å². The maximum atomic E-state index is 6.03. The van der Waals surface area contributed by atoms with Crippen LogP contribution in [0.4, 0.5) is 0 Å². The van der Waals surface area contributed by atoms with E-state index in [9.17, 15) is 0 Å². The first-order valence-corrected chi connectivity index (χ1v) is 8.46. The van der Waals surface area contributed by atoms with E-state index in [1.807, 2.05) is 23.9 Å². The van der Waals surface area contributed by atoms with Gasteiger partial charge in [-0.3, -0.25) is 0 Å². The molecule has 0 fully saturated rings. The van der Waals surface area contributed by atoms with E-state index < -0.39 is 0 Å². The Morgan fingerprint density at radius 1 is 1.19 bits per heavy atom. The molecule has 0 aliphatic carbocycles. The maximum absolute atomic E-state index is 6.03. The van der Waals surface area contributed by atoms with Crippen molar-refractivity contribution >= 4 is 11.8 Å². The van der Waals surface area contributed by atoms with Crippen LogP contribution in [0.15, 0.2) is 53.4 Å². The minimum Gasteiger partial charge on any atom is -0.493 e. The average Bonchev–Trinajstić information content (AvgIpc) is 2.96. The first-order valence-electron chi connectivity index (χ1n) is 7.48. The summed E-state index contributed by atoms with van der Waals surface area (Å²) in [6, 6.07) is 16.9. The van der Waals surface area contributed by atoms with Crippen LogP contribution < -0.4 is 10.5 Å². The van der Waals surface area contributed by atoms with Crippen LogP contribution in [-0.2, 0) is 0 Å². The van der Waals surface area contributed by atoms with Crippen molar-refractivity contribution in [3.05, 3.63) is 59.7 Å². The zero-order valence-electron chi connectivity index (χ0n) is 12.3. The molecule has 1 unspecified atom stereocenters. The smallest absolute Gasteiger partial charge is 0.119 e. The van der Waals surface area contributed by atoms with E-state index in [-0.39, 0.29) is 6.04 Å². The summed E-state index contributed by atoms with van der Waals surface area (Å²) in [7, 11) is 0. The summed E-state index contributed by atoms with van der Waals surface area (Å²) >= 11 is 1.92. The molecule has 0 bridgehead atoms. The Kier molecular flexibility index (Phi) is 4.51. The van der Waals surface area contributed by atoms with Crippen LogP contribution in [-0.4, -0.2) is 12.4 Å². The number of nitrogens with two attached hydrogens (primary N) is 1. The Balaban J connectivity index is 1.61. The zero-order valence-corrected chi connectivity index (χ0v) is 13.1. The van der Waals surface area contributed by atoms with Crippen LogP contribution >= 0.6 is 11.8 Å². The van der Waals surface area contributed by atoms with E-state index in [0.717, 1.165) is 24.5 Å². The van der Waals surface area contributed by atoms with Gasteiger partial charge in [0.15, 0.2) is 0 Å². The van der Waals surface area contributed by atoms with Gasteiger partial charge in [-0.1, -0.05) is 37.3 Å². The van der Waals surface area contributed by atoms with E-state index in [1.54, 1.807) is 0 Å². The molecule has 21 heavy (non-hydrogen) atoms. The van der Waals surface area contributed by atoms with Gasteiger partial charge in [0.05, 0.1) is 6.61 Å². The minimum absolute atomic E-state index is 0.122. The lowest BCUT2D eigenvalue weighted by atomic mass is 10.0.